The second kappa shape index (κ2) is 2.43. The molecule has 4 heteroatoms. The van der Waals surface area contributed by atoms with Crippen molar-refractivity contribution in [3.63, 3.8) is 0 Å². The van der Waals surface area contributed by atoms with Gasteiger partial charge in [-0.2, -0.15) is 0 Å². The van der Waals surface area contributed by atoms with Crippen molar-refractivity contribution in [3.05, 3.63) is 18.0 Å². The monoisotopic (exact) mass is 140 g/mol. The number of H-pyrrole nitrogens is 1. The zero-order chi connectivity index (χ0) is 7.56. The molecule has 0 spiro atoms. The van der Waals surface area contributed by atoms with Crippen molar-refractivity contribution in [1.29, 1.82) is 0 Å². The minimum atomic E-state index is -0.406. The van der Waals surface area contributed by atoms with Gasteiger partial charge in [0.25, 0.3) is 0 Å². The van der Waals surface area contributed by atoms with Crippen molar-refractivity contribution < 1.29 is 9.53 Å². The van der Waals surface area contributed by atoms with Gasteiger partial charge in [-0.3, -0.25) is 0 Å². The molecule has 0 aliphatic rings. The number of carbonyl (C=O) groups excluding carboxylic acids is 1. The maximum absolute atomic E-state index is 10.7. The van der Waals surface area contributed by atoms with Crippen molar-refractivity contribution in [2.45, 2.75) is 0 Å². The molecule has 4 nitrogen and oxygen atoms in total. The smallest absolute Gasteiger partial charge is 0.354 e. The van der Waals surface area contributed by atoms with E-state index in [1.165, 1.54) is 19.4 Å². The minimum Gasteiger partial charge on any atom is -0.464 e. The molecule has 0 aliphatic carbocycles. The number of aromatic nitrogens is 1. The maximum atomic E-state index is 10.7. The Morgan fingerprint density at radius 1 is 1.80 bits per heavy atom. The molecule has 1 heterocycles. The predicted molar refractivity (Wildman–Crippen MR) is 36.5 cm³/mol. The molecule has 0 aliphatic heterocycles. The van der Waals surface area contributed by atoms with Gasteiger partial charge < -0.3 is 15.5 Å². The maximum Gasteiger partial charge on any atom is 0.354 e. The number of rotatable bonds is 1. The lowest BCUT2D eigenvalue weighted by molar-refractivity contribution is 0.0595. The molecule has 0 unspecified atom stereocenters. The fourth-order valence-electron chi connectivity index (χ4n) is 0.639. The zero-order valence-electron chi connectivity index (χ0n) is 5.55. The number of aromatic amines is 1. The lowest BCUT2D eigenvalue weighted by atomic mass is 10.4. The van der Waals surface area contributed by atoms with Gasteiger partial charge in [0.1, 0.15) is 5.69 Å². The van der Waals surface area contributed by atoms with Crippen LogP contribution in [0, 0.1) is 0 Å². The van der Waals surface area contributed by atoms with E-state index in [4.69, 9.17) is 5.73 Å². The number of hydrogen-bond donors (Lipinski definition) is 2. The average molecular weight is 140 g/mol. The van der Waals surface area contributed by atoms with Gasteiger partial charge in [-0.25, -0.2) is 4.79 Å². The van der Waals surface area contributed by atoms with Gasteiger partial charge in [0, 0.05) is 6.20 Å². The first-order valence-electron chi connectivity index (χ1n) is 2.76. The fraction of sp³-hybridized carbons (Fsp3) is 0.167. The lowest BCUT2D eigenvalue weighted by Crippen LogP contribution is -2.00. The number of nitrogen functional groups attached to an aromatic ring is 1. The topological polar surface area (TPSA) is 68.1 Å². The van der Waals surface area contributed by atoms with Gasteiger partial charge in [0.05, 0.1) is 12.8 Å². The van der Waals surface area contributed by atoms with Crippen molar-refractivity contribution >= 4 is 11.7 Å². The molecule has 54 valence electrons. The summed E-state index contributed by atoms with van der Waals surface area (Å²) in [4.78, 5) is 13.4. The van der Waals surface area contributed by atoms with Gasteiger partial charge in [0.15, 0.2) is 0 Å². The highest BCUT2D eigenvalue weighted by molar-refractivity contribution is 5.88. The molecular formula is C6H8N2O2. The van der Waals surface area contributed by atoms with E-state index in [0.717, 1.165) is 0 Å². The molecule has 3 N–H and O–H groups in total. The molecule has 10 heavy (non-hydrogen) atoms. The Kier molecular flexibility index (Phi) is 1.62. The quantitative estimate of drug-likeness (QED) is 0.554. The average Bonchev–Trinajstić information content (AvgIpc) is 2.34. The zero-order valence-corrected chi connectivity index (χ0v) is 5.55. The van der Waals surface area contributed by atoms with Crippen LogP contribution in [0.4, 0.5) is 5.69 Å². The van der Waals surface area contributed by atoms with Gasteiger partial charge >= 0.3 is 5.97 Å². The first-order valence-corrected chi connectivity index (χ1v) is 2.76. The Labute approximate surface area is 58.0 Å². The van der Waals surface area contributed by atoms with Crippen molar-refractivity contribution in [2.24, 2.45) is 0 Å². The molecule has 0 saturated heterocycles. The van der Waals surface area contributed by atoms with Crippen LogP contribution in [0.3, 0.4) is 0 Å². The largest absolute Gasteiger partial charge is 0.464 e. The SMILES string of the molecule is COC(=O)c1cc(N)c[nH]1. The second-order valence-electron chi connectivity index (χ2n) is 1.84. The Hall–Kier alpha value is -1.45. The van der Waals surface area contributed by atoms with Crippen LogP contribution >= 0.6 is 0 Å². The summed E-state index contributed by atoms with van der Waals surface area (Å²) < 4.78 is 4.42. The summed E-state index contributed by atoms with van der Waals surface area (Å²) in [6.45, 7) is 0. The van der Waals surface area contributed by atoms with E-state index in [1.807, 2.05) is 0 Å². The van der Waals surface area contributed by atoms with Crippen LogP contribution in [0.1, 0.15) is 10.5 Å². The van der Waals surface area contributed by atoms with Crippen LogP contribution < -0.4 is 5.73 Å². The molecule has 0 aromatic carbocycles. The summed E-state index contributed by atoms with van der Waals surface area (Å²) in [6, 6.07) is 1.52. The third-order valence-electron chi connectivity index (χ3n) is 1.11. The minimum absolute atomic E-state index is 0.375. The molecule has 0 radical (unpaired) electrons. The summed E-state index contributed by atoms with van der Waals surface area (Å²) in [5.41, 5.74) is 6.24. The first kappa shape index (κ1) is 6.67. The normalized spacial score (nSPS) is 9.30. The Morgan fingerprint density at radius 2 is 2.50 bits per heavy atom. The molecule has 1 aromatic rings. The molecule has 0 saturated carbocycles. The molecule has 1 rings (SSSR count). The van der Waals surface area contributed by atoms with Gasteiger partial charge in [-0.05, 0) is 6.07 Å². The number of methoxy groups -OCH3 is 1. The Morgan fingerprint density at radius 3 is 2.90 bits per heavy atom. The van der Waals surface area contributed by atoms with Crippen LogP contribution in [-0.2, 0) is 4.74 Å². The number of carbonyl (C=O) groups is 1. The summed E-state index contributed by atoms with van der Waals surface area (Å²) in [7, 11) is 1.32. The highest BCUT2D eigenvalue weighted by atomic mass is 16.5. The van der Waals surface area contributed by atoms with E-state index in [2.05, 4.69) is 9.72 Å². The highest BCUT2D eigenvalue weighted by Gasteiger charge is 2.05. The summed E-state index contributed by atoms with van der Waals surface area (Å²) in [6.07, 6.45) is 1.53. The number of anilines is 1. The van der Waals surface area contributed by atoms with Crippen molar-refractivity contribution in [2.75, 3.05) is 12.8 Å². The van der Waals surface area contributed by atoms with Gasteiger partial charge in [-0.15, -0.1) is 0 Å². The van der Waals surface area contributed by atoms with E-state index in [0.29, 0.717) is 11.4 Å². The molecule has 0 amide bonds. The summed E-state index contributed by atoms with van der Waals surface area (Å²) in [5, 5.41) is 0. The van der Waals surface area contributed by atoms with Crippen LogP contribution in [0.2, 0.25) is 0 Å². The molecule has 0 bridgehead atoms. The van der Waals surface area contributed by atoms with Crippen LogP contribution in [-0.4, -0.2) is 18.1 Å². The molecular weight excluding hydrogens is 132 g/mol. The number of hydrogen-bond acceptors (Lipinski definition) is 3. The number of nitrogens with two attached hydrogens (primary N) is 1. The number of ether oxygens (including phenoxy) is 1. The number of nitrogens with one attached hydrogen (secondary N) is 1. The first-order chi connectivity index (χ1) is 4.74. The number of esters is 1. The van der Waals surface area contributed by atoms with Gasteiger partial charge in [-0.1, -0.05) is 0 Å². The predicted octanol–water partition coefficient (Wildman–Crippen LogP) is 0.384. The molecule has 1 aromatic heterocycles. The van der Waals surface area contributed by atoms with Crippen LogP contribution in [0.15, 0.2) is 12.3 Å². The van der Waals surface area contributed by atoms with Crippen molar-refractivity contribution in [1.82, 2.24) is 4.98 Å². The van der Waals surface area contributed by atoms with Gasteiger partial charge in [0.2, 0.25) is 0 Å². The Bertz CT molecular complexity index is 242. The Balaban J connectivity index is 2.85. The third-order valence-corrected chi connectivity index (χ3v) is 1.11. The highest BCUT2D eigenvalue weighted by Crippen LogP contribution is 2.04. The molecule has 0 atom stereocenters. The van der Waals surface area contributed by atoms with E-state index in [-0.39, 0.29) is 0 Å². The summed E-state index contributed by atoms with van der Waals surface area (Å²) in [5.74, 6) is -0.406. The molecule has 0 fully saturated rings. The van der Waals surface area contributed by atoms with Crippen LogP contribution in [0.25, 0.3) is 0 Å². The lowest BCUT2D eigenvalue weighted by Gasteiger charge is -1.91. The standard InChI is InChI=1S/C6H8N2O2/c1-10-6(9)5-2-4(7)3-8-5/h2-3,8H,7H2,1H3. The van der Waals surface area contributed by atoms with E-state index in [1.54, 1.807) is 0 Å². The fourth-order valence-corrected chi connectivity index (χ4v) is 0.639. The van der Waals surface area contributed by atoms with Crippen LogP contribution in [0.5, 0.6) is 0 Å². The third kappa shape index (κ3) is 1.10. The van der Waals surface area contributed by atoms with E-state index in [9.17, 15) is 4.79 Å². The van der Waals surface area contributed by atoms with E-state index < -0.39 is 5.97 Å². The van der Waals surface area contributed by atoms with Crippen molar-refractivity contribution in [3.8, 4) is 0 Å². The second-order valence-corrected chi connectivity index (χ2v) is 1.84. The van der Waals surface area contributed by atoms with E-state index >= 15 is 0 Å². The summed E-state index contributed by atoms with van der Waals surface area (Å²) >= 11 is 0.